The Balaban J connectivity index is 1.55. The summed E-state index contributed by atoms with van der Waals surface area (Å²) < 4.78 is 3.55. The molecule has 0 aliphatic carbocycles. The third-order valence-electron chi connectivity index (χ3n) is 6.08. The molecular formula is C22H26ClN5O2. The van der Waals surface area contributed by atoms with Crippen molar-refractivity contribution in [2.45, 2.75) is 32.7 Å². The molecule has 4 rings (SSSR count). The SMILES string of the molecule is Cc1c(Nc2cc(Cl)cc3c2ccn3CCC2CCN(C=O)CC2)cnn(C)c1=O. The van der Waals surface area contributed by atoms with E-state index in [0.29, 0.717) is 22.2 Å². The molecule has 7 nitrogen and oxygen atoms in total. The molecular weight excluding hydrogens is 402 g/mol. The lowest BCUT2D eigenvalue weighted by molar-refractivity contribution is -0.119. The minimum absolute atomic E-state index is 0.128. The Morgan fingerprint density at radius 1 is 1.27 bits per heavy atom. The number of fused-ring (bicyclic) bond motifs is 1. The Bertz CT molecular complexity index is 1130. The van der Waals surface area contributed by atoms with Crippen molar-refractivity contribution >= 4 is 40.3 Å². The lowest BCUT2D eigenvalue weighted by Gasteiger charge is -2.29. The van der Waals surface area contributed by atoms with Crippen LogP contribution in [-0.2, 0) is 18.4 Å². The predicted octanol–water partition coefficient (Wildman–Crippen LogP) is 3.70. The van der Waals surface area contributed by atoms with Gasteiger partial charge in [0.1, 0.15) is 0 Å². The smallest absolute Gasteiger partial charge is 0.271 e. The van der Waals surface area contributed by atoms with E-state index in [0.717, 1.165) is 61.9 Å². The van der Waals surface area contributed by atoms with Crippen molar-refractivity contribution in [3.63, 3.8) is 0 Å². The van der Waals surface area contributed by atoms with Crippen molar-refractivity contribution in [3.8, 4) is 0 Å². The predicted molar refractivity (Wildman–Crippen MR) is 119 cm³/mol. The molecule has 3 heterocycles. The Morgan fingerprint density at radius 2 is 2.03 bits per heavy atom. The largest absolute Gasteiger partial charge is 0.353 e. The zero-order valence-corrected chi connectivity index (χ0v) is 18.0. The number of piperidine rings is 1. The van der Waals surface area contributed by atoms with Crippen LogP contribution >= 0.6 is 11.6 Å². The van der Waals surface area contributed by atoms with E-state index in [2.05, 4.69) is 27.2 Å². The summed E-state index contributed by atoms with van der Waals surface area (Å²) in [6.07, 6.45) is 7.88. The van der Waals surface area contributed by atoms with Crippen LogP contribution in [0.4, 0.5) is 11.4 Å². The molecule has 8 heteroatoms. The number of halogens is 1. The molecule has 2 aromatic heterocycles. The van der Waals surface area contributed by atoms with Crippen molar-refractivity contribution in [3.05, 3.63) is 51.5 Å². The quantitative estimate of drug-likeness (QED) is 0.609. The van der Waals surface area contributed by atoms with E-state index in [1.807, 2.05) is 17.0 Å². The topological polar surface area (TPSA) is 72.2 Å². The first-order valence-electron chi connectivity index (χ1n) is 10.2. The number of nitrogens with zero attached hydrogens (tertiary/aromatic N) is 4. The molecule has 3 aromatic rings. The molecule has 0 saturated carbocycles. The normalized spacial score (nSPS) is 15.0. The number of rotatable bonds is 6. The molecule has 1 saturated heterocycles. The van der Waals surface area contributed by atoms with Crippen LogP contribution in [0.1, 0.15) is 24.8 Å². The van der Waals surface area contributed by atoms with Crippen LogP contribution in [0.3, 0.4) is 0 Å². The second kappa shape index (κ2) is 8.52. The standard InChI is InChI=1S/C22H26ClN5O2/c1-15-20(13-24-26(2)22(15)30)25-19-11-17(23)12-21-18(19)6-10-28(21)9-5-16-3-7-27(14-29)8-4-16/h6,10-14,16,25H,3-5,7-9H2,1-2H3. The number of aryl methyl sites for hydroxylation is 2. The van der Waals surface area contributed by atoms with Gasteiger partial charge in [-0.15, -0.1) is 0 Å². The van der Waals surface area contributed by atoms with Crippen LogP contribution < -0.4 is 10.9 Å². The molecule has 1 amide bonds. The van der Waals surface area contributed by atoms with Crippen molar-refractivity contribution in [1.82, 2.24) is 19.2 Å². The molecule has 1 N–H and O–H groups in total. The molecule has 158 valence electrons. The maximum atomic E-state index is 12.2. The first kappa shape index (κ1) is 20.5. The average molecular weight is 428 g/mol. The lowest BCUT2D eigenvalue weighted by Crippen LogP contribution is -2.32. The average Bonchev–Trinajstić information content (AvgIpc) is 3.16. The number of carbonyl (C=O) groups excluding carboxylic acids is 1. The number of anilines is 2. The van der Waals surface area contributed by atoms with E-state index >= 15 is 0 Å². The minimum atomic E-state index is -0.128. The van der Waals surface area contributed by atoms with Crippen molar-refractivity contribution in [1.29, 1.82) is 0 Å². The monoisotopic (exact) mass is 427 g/mol. The maximum absolute atomic E-state index is 12.2. The second-order valence-corrected chi connectivity index (χ2v) is 8.44. The van der Waals surface area contributed by atoms with Gasteiger partial charge in [0.2, 0.25) is 6.41 Å². The second-order valence-electron chi connectivity index (χ2n) is 8.01. The fraction of sp³-hybridized carbons (Fsp3) is 0.409. The van der Waals surface area contributed by atoms with E-state index in [9.17, 15) is 9.59 Å². The highest BCUT2D eigenvalue weighted by molar-refractivity contribution is 6.32. The maximum Gasteiger partial charge on any atom is 0.271 e. The van der Waals surface area contributed by atoms with Gasteiger partial charge in [0.15, 0.2) is 0 Å². The summed E-state index contributed by atoms with van der Waals surface area (Å²) in [7, 11) is 1.64. The molecule has 0 bridgehead atoms. The fourth-order valence-corrected chi connectivity index (χ4v) is 4.36. The molecule has 1 fully saturated rings. The molecule has 1 aliphatic heterocycles. The van der Waals surface area contributed by atoms with Crippen LogP contribution in [-0.4, -0.2) is 38.7 Å². The van der Waals surface area contributed by atoms with Gasteiger partial charge >= 0.3 is 0 Å². The molecule has 1 aliphatic rings. The number of hydrogen-bond donors (Lipinski definition) is 1. The lowest BCUT2D eigenvalue weighted by atomic mass is 9.94. The summed E-state index contributed by atoms with van der Waals surface area (Å²) in [6, 6.07) is 5.93. The van der Waals surface area contributed by atoms with Crippen molar-refractivity contribution in [2.24, 2.45) is 13.0 Å². The zero-order chi connectivity index (χ0) is 21.3. The molecule has 0 atom stereocenters. The van der Waals surface area contributed by atoms with Crippen LogP contribution in [0.25, 0.3) is 10.9 Å². The molecule has 0 spiro atoms. The molecule has 0 unspecified atom stereocenters. The van der Waals surface area contributed by atoms with Gasteiger partial charge in [0.25, 0.3) is 5.56 Å². The molecule has 30 heavy (non-hydrogen) atoms. The van der Waals surface area contributed by atoms with Crippen LogP contribution in [0, 0.1) is 12.8 Å². The van der Waals surface area contributed by atoms with Gasteiger partial charge in [-0.2, -0.15) is 5.10 Å². The van der Waals surface area contributed by atoms with Gasteiger partial charge < -0.3 is 14.8 Å². The summed E-state index contributed by atoms with van der Waals surface area (Å²) >= 11 is 6.42. The number of nitrogens with one attached hydrogen (secondary N) is 1. The Morgan fingerprint density at radius 3 is 2.77 bits per heavy atom. The van der Waals surface area contributed by atoms with Crippen LogP contribution in [0.15, 0.2) is 35.4 Å². The number of benzene rings is 1. The van der Waals surface area contributed by atoms with Gasteiger partial charge in [-0.05, 0) is 50.3 Å². The van der Waals surface area contributed by atoms with Crippen molar-refractivity contribution < 1.29 is 4.79 Å². The van der Waals surface area contributed by atoms with E-state index in [1.54, 1.807) is 20.2 Å². The van der Waals surface area contributed by atoms with E-state index in [1.165, 1.54) is 4.68 Å². The third-order valence-corrected chi connectivity index (χ3v) is 6.30. The Hall–Kier alpha value is -2.80. The minimum Gasteiger partial charge on any atom is -0.353 e. The van der Waals surface area contributed by atoms with Gasteiger partial charge in [0, 0.05) is 54.5 Å². The van der Waals surface area contributed by atoms with Gasteiger partial charge in [-0.1, -0.05) is 11.6 Å². The first-order chi connectivity index (χ1) is 14.5. The summed E-state index contributed by atoms with van der Waals surface area (Å²) in [4.78, 5) is 24.9. The van der Waals surface area contributed by atoms with E-state index < -0.39 is 0 Å². The zero-order valence-electron chi connectivity index (χ0n) is 17.3. The highest BCUT2D eigenvalue weighted by atomic mass is 35.5. The highest BCUT2D eigenvalue weighted by Gasteiger charge is 2.18. The number of hydrogen-bond acceptors (Lipinski definition) is 4. The van der Waals surface area contributed by atoms with Gasteiger partial charge in [0.05, 0.1) is 17.4 Å². The van der Waals surface area contributed by atoms with E-state index in [-0.39, 0.29) is 5.56 Å². The number of aromatic nitrogens is 3. The number of likely N-dealkylation sites (tertiary alicyclic amines) is 1. The summed E-state index contributed by atoms with van der Waals surface area (Å²) in [6.45, 7) is 4.39. The fourth-order valence-electron chi connectivity index (χ4n) is 4.15. The highest BCUT2D eigenvalue weighted by Crippen LogP contribution is 2.32. The van der Waals surface area contributed by atoms with Gasteiger partial charge in [-0.3, -0.25) is 9.59 Å². The van der Waals surface area contributed by atoms with Crippen molar-refractivity contribution in [2.75, 3.05) is 18.4 Å². The summed E-state index contributed by atoms with van der Waals surface area (Å²) in [5.41, 5.74) is 3.08. The van der Waals surface area contributed by atoms with Crippen LogP contribution in [0.2, 0.25) is 5.02 Å². The third kappa shape index (κ3) is 4.07. The van der Waals surface area contributed by atoms with E-state index in [4.69, 9.17) is 11.6 Å². The van der Waals surface area contributed by atoms with Crippen LogP contribution in [0.5, 0.6) is 0 Å². The number of carbonyl (C=O) groups is 1. The summed E-state index contributed by atoms with van der Waals surface area (Å²) in [5, 5.41) is 9.15. The molecule has 1 aromatic carbocycles. The number of amides is 1. The van der Waals surface area contributed by atoms with Gasteiger partial charge in [-0.25, -0.2) is 4.68 Å². The molecule has 0 radical (unpaired) electrons. The Labute approximate surface area is 180 Å². The Kier molecular flexibility index (Phi) is 5.81. The summed E-state index contributed by atoms with van der Waals surface area (Å²) in [5.74, 6) is 0.629. The first-order valence-corrected chi connectivity index (χ1v) is 10.6.